The number of benzene rings is 9. The molecule has 0 saturated heterocycles. The van der Waals surface area contributed by atoms with E-state index < -0.39 is 0 Å². The van der Waals surface area contributed by atoms with Crippen LogP contribution < -0.4 is 4.90 Å². The molecule has 10 aromatic rings. The Morgan fingerprint density at radius 3 is 1.83 bits per heavy atom. The summed E-state index contributed by atoms with van der Waals surface area (Å²) < 4.78 is 6.38. The van der Waals surface area contributed by atoms with E-state index in [1.165, 1.54) is 43.1 Å². The molecule has 0 fully saturated rings. The Bertz CT molecular complexity index is 2860. The summed E-state index contributed by atoms with van der Waals surface area (Å²) in [6, 6.07) is 63.5. The molecule has 0 aliphatic carbocycles. The van der Waals surface area contributed by atoms with Crippen LogP contribution in [0.5, 0.6) is 0 Å². The van der Waals surface area contributed by atoms with E-state index in [0.717, 1.165) is 50.1 Å². The third-order valence-corrected chi connectivity index (χ3v) is 9.79. The molecule has 0 radical (unpaired) electrons. The van der Waals surface area contributed by atoms with Gasteiger partial charge in [0.25, 0.3) is 0 Å². The van der Waals surface area contributed by atoms with Gasteiger partial charge in [-0.1, -0.05) is 127 Å². The smallest absolute Gasteiger partial charge is 0.136 e. The fourth-order valence-electron chi connectivity index (χ4n) is 7.49. The minimum atomic E-state index is 0.897. The van der Waals surface area contributed by atoms with Crippen LogP contribution in [0.25, 0.3) is 76.2 Å². The van der Waals surface area contributed by atoms with Crippen LogP contribution in [0.15, 0.2) is 180 Å². The molecule has 10 rings (SSSR count). The minimum absolute atomic E-state index is 0.897. The lowest BCUT2D eigenvalue weighted by molar-refractivity contribution is 0.669. The fraction of sp³-hybridized carbons (Fsp3) is 0. The van der Waals surface area contributed by atoms with Gasteiger partial charge in [-0.25, -0.2) is 0 Å². The summed E-state index contributed by atoms with van der Waals surface area (Å²) in [6.07, 6.45) is 0. The number of fused-ring (bicyclic) bond motifs is 8. The van der Waals surface area contributed by atoms with Crippen molar-refractivity contribution in [2.75, 3.05) is 4.90 Å². The highest BCUT2D eigenvalue weighted by molar-refractivity contribution is 6.12. The monoisotopic (exact) mass is 611 g/mol. The molecule has 1 aromatic heterocycles. The molecule has 224 valence electrons. The van der Waals surface area contributed by atoms with Crippen LogP contribution in [0, 0.1) is 0 Å². The molecule has 1 heterocycles. The van der Waals surface area contributed by atoms with Crippen molar-refractivity contribution in [3.05, 3.63) is 176 Å². The maximum absolute atomic E-state index is 6.38. The third-order valence-electron chi connectivity index (χ3n) is 9.79. The van der Waals surface area contributed by atoms with Crippen molar-refractivity contribution in [3.8, 4) is 11.1 Å². The number of para-hydroxylation sites is 1. The molecular formula is C46H29NO. The van der Waals surface area contributed by atoms with Gasteiger partial charge in [0.1, 0.15) is 11.2 Å². The highest BCUT2D eigenvalue weighted by Gasteiger charge is 2.20. The van der Waals surface area contributed by atoms with E-state index in [-0.39, 0.29) is 0 Å². The van der Waals surface area contributed by atoms with E-state index in [0.29, 0.717) is 0 Å². The largest absolute Gasteiger partial charge is 0.456 e. The molecule has 0 N–H and O–H groups in total. The molecule has 0 aliphatic rings. The van der Waals surface area contributed by atoms with Crippen LogP contribution in [0.4, 0.5) is 17.1 Å². The van der Waals surface area contributed by atoms with Gasteiger partial charge in [0.2, 0.25) is 0 Å². The average molecular weight is 612 g/mol. The van der Waals surface area contributed by atoms with Gasteiger partial charge in [-0.3, -0.25) is 0 Å². The second-order valence-electron chi connectivity index (χ2n) is 12.6. The van der Waals surface area contributed by atoms with Gasteiger partial charge in [0, 0.05) is 27.4 Å². The zero-order valence-corrected chi connectivity index (χ0v) is 26.1. The summed E-state index contributed by atoms with van der Waals surface area (Å²) in [7, 11) is 0. The molecule has 0 aliphatic heterocycles. The van der Waals surface area contributed by atoms with Crippen molar-refractivity contribution in [1.29, 1.82) is 0 Å². The van der Waals surface area contributed by atoms with E-state index in [9.17, 15) is 0 Å². The number of hydrogen-bond donors (Lipinski definition) is 0. The Morgan fingerprint density at radius 2 is 0.958 bits per heavy atom. The highest BCUT2D eigenvalue weighted by Crippen LogP contribution is 2.45. The fourth-order valence-corrected chi connectivity index (χ4v) is 7.49. The zero-order chi connectivity index (χ0) is 31.6. The summed E-state index contributed by atoms with van der Waals surface area (Å²) in [5, 5.41) is 12.1. The molecule has 2 heteroatoms. The van der Waals surface area contributed by atoms with Crippen molar-refractivity contribution in [3.63, 3.8) is 0 Å². The molecule has 0 bridgehead atoms. The Hall–Kier alpha value is -6.38. The Kier molecular flexibility index (Phi) is 5.91. The van der Waals surface area contributed by atoms with Crippen LogP contribution in [-0.2, 0) is 0 Å². The summed E-state index contributed by atoms with van der Waals surface area (Å²) in [6.45, 7) is 0. The molecule has 0 atom stereocenters. The van der Waals surface area contributed by atoms with Crippen LogP contribution in [0.1, 0.15) is 0 Å². The summed E-state index contributed by atoms with van der Waals surface area (Å²) in [5.74, 6) is 0. The lowest BCUT2D eigenvalue weighted by Gasteiger charge is -2.29. The summed E-state index contributed by atoms with van der Waals surface area (Å²) in [5.41, 5.74) is 7.48. The third kappa shape index (κ3) is 4.20. The van der Waals surface area contributed by atoms with Crippen molar-refractivity contribution in [2.45, 2.75) is 0 Å². The van der Waals surface area contributed by atoms with E-state index in [1.807, 2.05) is 0 Å². The van der Waals surface area contributed by atoms with Crippen molar-refractivity contribution in [1.82, 2.24) is 0 Å². The number of anilines is 3. The lowest BCUT2D eigenvalue weighted by Crippen LogP contribution is -2.11. The quantitative estimate of drug-likeness (QED) is 0.184. The molecule has 9 aromatic carbocycles. The van der Waals surface area contributed by atoms with Gasteiger partial charge < -0.3 is 9.32 Å². The van der Waals surface area contributed by atoms with Crippen LogP contribution >= 0.6 is 0 Å². The van der Waals surface area contributed by atoms with E-state index in [2.05, 4.69) is 181 Å². The normalized spacial score (nSPS) is 11.8. The van der Waals surface area contributed by atoms with Crippen molar-refractivity contribution in [2.24, 2.45) is 0 Å². The van der Waals surface area contributed by atoms with Crippen molar-refractivity contribution < 1.29 is 4.42 Å². The maximum Gasteiger partial charge on any atom is 0.136 e. The lowest BCUT2D eigenvalue weighted by atomic mass is 9.97. The van der Waals surface area contributed by atoms with Gasteiger partial charge in [0.05, 0.1) is 11.4 Å². The van der Waals surface area contributed by atoms with Crippen molar-refractivity contribution >= 4 is 82.1 Å². The number of furan rings is 1. The minimum Gasteiger partial charge on any atom is -0.456 e. The molecule has 0 amide bonds. The van der Waals surface area contributed by atoms with E-state index in [1.54, 1.807) is 0 Å². The van der Waals surface area contributed by atoms with Gasteiger partial charge in [-0.2, -0.15) is 0 Å². The number of hydrogen-bond acceptors (Lipinski definition) is 2. The van der Waals surface area contributed by atoms with E-state index >= 15 is 0 Å². The Labute approximate surface area is 277 Å². The van der Waals surface area contributed by atoms with Gasteiger partial charge >= 0.3 is 0 Å². The van der Waals surface area contributed by atoms with Gasteiger partial charge in [-0.15, -0.1) is 0 Å². The van der Waals surface area contributed by atoms with Gasteiger partial charge in [0.15, 0.2) is 0 Å². The van der Waals surface area contributed by atoms with E-state index in [4.69, 9.17) is 4.42 Å². The predicted molar refractivity (Wildman–Crippen MR) is 204 cm³/mol. The second-order valence-corrected chi connectivity index (χ2v) is 12.6. The average Bonchev–Trinajstić information content (AvgIpc) is 3.50. The second kappa shape index (κ2) is 10.6. The predicted octanol–water partition coefficient (Wildman–Crippen LogP) is 13.3. The first-order valence-corrected chi connectivity index (χ1v) is 16.4. The van der Waals surface area contributed by atoms with Crippen LogP contribution in [-0.4, -0.2) is 0 Å². The Balaban J connectivity index is 1.21. The number of rotatable bonds is 4. The first kappa shape index (κ1) is 26.8. The molecule has 0 unspecified atom stereocenters. The zero-order valence-electron chi connectivity index (χ0n) is 26.1. The van der Waals surface area contributed by atoms with Gasteiger partial charge in [-0.05, 0) is 91.8 Å². The molecule has 2 nitrogen and oxygen atoms in total. The summed E-state index contributed by atoms with van der Waals surface area (Å²) >= 11 is 0. The standard InChI is InChI=1S/C46H29NO/c1-2-13-33-29-46-42(27-32(33)12-1)41-28-35(22-25-45(41)48-46)40-17-7-8-18-43(40)47(44-19-9-14-30-10-4-6-16-39(30)44)36-23-24-38-34(26-36)21-20-31-11-3-5-15-37(31)38/h1-29H. The SMILES string of the molecule is c1ccc(N(c2ccc3c(ccc4ccccc43)c2)c2cccc3ccccc23)c(-c2ccc3oc4cc5ccccc5cc4c3c2)c1. The maximum atomic E-state index is 6.38. The first-order chi connectivity index (χ1) is 23.8. The topological polar surface area (TPSA) is 16.4 Å². The molecular weight excluding hydrogens is 583 g/mol. The first-order valence-electron chi connectivity index (χ1n) is 16.4. The number of nitrogens with zero attached hydrogens (tertiary/aromatic N) is 1. The molecule has 0 spiro atoms. The Morgan fingerprint density at radius 1 is 0.333 bits per heavy atom. The van der Waals surface area contributed by atoms with Crippen LogP contribution in [0.3, 0.4) is 0 Å². The molecule has 0 saturated carbocycles. The molecule has 48 heavy (non-hydrogen) atoms. The summed E-state index contributed by atoms with van der Waals surface area (Å²) in [4.78, 5) is 2.43. The highest BCUT2D eigenvalue weighted by atomic mass is 16.3. The van der Waals surface area contributed by atoms with Crippen LogP contribution in [0.2, 0.25) is 0 Å².